The van der Waals surface area contributed by atoms with Gasteiger partial charge in [-0.05, 0) is 40.9 Å². The Hall–Kier alpha value is -1.92. The van der Waals surface area contributed by atoms with Gasteiger partial charge in [-0.25, -0.2) is 4.98 Å². The third-order valence-electron chi connectivity index (χ3n) is 5.07. The van der Waals surface area contributed by atoms with E-state index in [0.29, 0.717) is 0 Å². The number of hydrogen-bond acceptors (Lipinski definition) is 4. The normalized spacial score (nSPS) is 19.3. The Balaban J connectivity index is 1.64. The number of fused-ring (bicyclic) bond motifs is 1. The average molecular weight is 401 g/mol. The second kappa shape index (κ2) is 6.77. The zero-order valence-electron chi connectivity index (χ0n) is 14.1. The van der Waals surface area contributed by atoms with Gasteiger partial charge in [0.15, 0.2) is 0 Å². The minimum Gasteiger partial charge on any atom is -0.385 e. The van der Waals surface area contributed by atoms with Gasteiger partial charge in [0.25, 0.3) is 0 Å². The van der Waals surface area contributed by atoms with Gasteiger partial charge in [-0.2, -0.15) is 0 Å². The first-order chi connectivity index (χ1) is 12.1. The maximum atomic E-state index is 10.8. The largest absolute Gasteiger partial charge is 0.385 e. The van der Waals surface area contributed by atoms with Crippen LogP contribution in [0.3, 0.4) is 0 Å². The molecule has 5 nitrogen and oxygen atoms in total. The maximum absolute atomic E-state index is 10.8. The Kier molecular flexibility index (Phi) is 4.48. The lowest BCUT2D eigenvalue weighted by molar-refractivity contribution is 0.0875. The molecule has 2 unspecified atom stereocenters. The number of piperidine rings is 1. The number of para-hydroxylation sites is 1. The van der Waals surface area contributed by atoms with Crippen LogP contribution in [0, 0.1) is 5.92 Å². The molecular formula is C19H21BrN4O. The molecule has 1 saturated heterocycles. The van der Waals surface area contributed by atoms with Crippen molar-refractivity contribution < 1.29 is 5.11 Å². The van der Waals surface area contributed by atoms with E-state index in [0.717, 1.165) is 47.1 Å². The number of pyridine rings is 1. The van der Waals surface area contributed by atoms with Crippen molar-refractivity contribution in [3.8, 4) is 0 Å². The van der Waals surface area contributed by atoms with Crippen LogP contribution < -0.4 is 4.90 Å². The number of aliphatic hydroxyl groups is 1. The molecule has 1 N–H and O–H groups in total. The number of benzene rings is 1. The Morgan fingerprint density at radius 1 is 1.24 bits per heavy atom. The lowest BCUT2D eigenvalue weighted by Crippen LogP contribution is -2.38. The van der Waals surface area contributed by atoms with Gasteiger partial charge >= 0.3 is 0 Å². The van der Waals surface area contributed by atoms with E-state index < -0.39 is 6.10 Å². The van der Waals surface area contributed by atoms with Gasteiger partial charge in [-0.1, -0.05) is 12.1 Å². The number of aromatic nitrogens is 3. The number of halogens is 1. The highest BCUT2D eigenvalue weighted by Crippen LogP contribution is 2.35. The molecule has 1 aromatic carbocycles. The van der Waals surface area contributed by atoms with Gasteiger partial charge in [0.2, 0.25) is 0 Å². The van der Waals surface area contributed by atoms with Gasteiger partial charge in [-0.3, -0.25) is 4.98 Å². The number of aliphatic hydroxyl groups excluding tert-OH is 1. The van der Waals surface area contributed by atoms with Crippen LogP contribution >= 0.6 is 15.9 Å². The monoisotopic (exact) mass is 400 g/mol. The number of imidazole rings is 1. The van der Waals surface area contributed by atoms with Crippen LogP contribution in [0.5, 0.6) is 0 Å². The summed E-state index contributed by atoms with van der Waals surface area (Å²) in [5, 5.41) is 11.9. The third kappa shape index (κ3) is 3.04. The molecule has 1 aliphatic rings. The van der Waals surface area contributed by atoms with E-state index >= 15 is 0 Å². The Morgan fingerprint density at radius 3 is 2.92 bits per heavy atom. The lowest BCUT2D eigenvalue weighted by Gasteiger charge is -2.36. The molecule has 0 amide bonds. The minimum absolute atomic E-state index is 0.171. The van der Waals surface area contributed by atoms with E-state index in [2.05, 4.69) is 42.9 Å². The number of anilines is 1. The average Bonchev–Trinajstić information content (AvgIpc) is 3.07. The molecule has 0 radical (unpaired) electrons. The van der Waals surface area contributed by atoms with Crippen molar-refractivity contribution in [2.75, 3.05) is 18.0 Å². The molecule has 0 saturated carbocycles. The summed E-state index contributed by atoms with van der Waals surface area (Å²) in [6.07, 6.45) is 7.02. The van der Waals surface area contributed by atoms with Crippen LogP contribution in [0.2, 0.25) is 0 Å². The Morgan fingerprint density at radius 2 is 2.12 bits per heavy atom. The van der Waals surface area contributed by atoms with Crippen molar-refractivity contribution in [1.29, 1.82) is 0 Å². The van der Waals surface area contributed by atoms with E-state index in [4.69, 9.17) is 0 Å². The number of aryl methyl sites for hydroxylation is 1. The standard InChI is InChI=1S/C19H21BrN4O/c1-23-11-9-22-19(23)18(25)13-4-3-10-24(12-13)16-7-8-21-17-14(16)5-2-6-15(17)20/h2,5-9,11,13,18,25H,3-4,10,12H2,1H3. The summed E-state index contributed by atoms with van der Waals surface area (Å²) in [7, 11) is 1.93. The second-order valence-corrected chi connectivity index (χ2v) is 7.51. The van der Waals surface area contributed by atoms with Crippen LogP contribution in [0.1, 0.15) is 24.8 Å². The van der Waals surface area contributed by atoms with Gasteiger partial charge in [0, 0.05) is 60.2 Å². The van der Waals surface area contributed by atoms with Gasteiger partial charge in [0.05, 0.1) is 5.52 Å². The first-order valence-electron chi connectivity index (χ1n) is 8.58. The van der Waals surface area contributed by atoms with Crippen molar-refractivity contribution in [2.45, 2.75) is 18.9 Å². The van der Waals surface area contributed by atoms with Crippen LogP contribution in [0.15, 0.2) is 47.3 Å². The molecule has 25 heavy (non-hydrogen) atoms. The number of rotatable bonds is 3. The summed E-state index contributed by atoms with van der Waals surface area (Å²) in [6.45, 7) is 1.81. The molecular weight excluding hydrogens is 380 g/mol. The summed E-state index contributed by atoms with van der Waals surface area (Å²) in [5.41, 5.74) is 2.16. The highest BCUT2D eigenvalue weighted by molar-refractivity contribution is 9.10. The second-order valence-electron chi connectivity index (χ2n) is 6.66. The SMILES string of the molecule is Cn1ccnc1C(O)C1CCCN(c2ccnc3c(Br)cccc23)C1. The van der Waals surface area contributed by atoms with Crippen LogP contribution in [0.4, 0.5) is 5.69 Å². The summed E-state index contributed by atoms with van der Waals surface area (Å²) >= 11 is 3.59. The quantitative estimate of drug-likeness (QED) is 0.728. The molecule has 6 heteroatoms. The highest BCUT2D eigenvalue weighted by atomic mass is 79.9. The molecule has 1 fully saturated rings. The molecule has 4 rings (SSSR count). The van der Waals surface area contributed by atoms with Crippen molar-refractivity contribution in [1.82, 2.24) is 14.5 Å². The zero-order chi connectivity index (χ0) is 17.4. The van der Waals surface area contributed by atoms with Crippen molar-refractivity contribution in [3.63, 3.8) is 0 Å². The number of nitrogens with zero attached hydrogens (tertiary/aromatic N) is 4. The lowest BCUT2D eigenvalue weighted by atomic mass is 9.91. The van der Waals surface area contributed by atoms with E-state index in [-0.39, 0.29) is 5.92 Å². The molecule has 0 spiro atoms. The number of hydrogen-bond donors (Lipinski definition) is 1. The smallest absolute Gasteiger partial charge is 0.137 e. The van der Waals surface area contributed by atoms with Crippen molar-refractivity contribution in [2.24, 2.45) is 13.0 Å². The Labute approximate surface area is 155 Å². The van der Waals surface area contributed by atoms with Crippen LogP contribution in [-0.4, -0.2) is 32.7 Å². The van der Waals surface area contributed by atoms with E-state index in [1.165, 1.54) is 5.69 Å². The fourth-order valence-corrected chi connectivity index (χ4v) is 4.23. The van der Waals surface area contributed by atoms with Gasteiger partial charge in [0.1, 0.15) is 11.9 Å². The van der Waals surface area contributed by atoms with E-state index in [1.54, 1.807) is 6.20 Å². The fourth-order valence-electron chi connectivity index (χ4n) is 3.76. The van der Waals surface area contributed by atoms with Crippen LogP contribution in [0.25, 0.3) is 10.9 Å². The summed E-state index contributed by atoms with van der Waals surface area (Å²) in [5.74, 6) is 0.916. The molecule has 0 aliphatic carbocycles. The zero-order valence-corrected chi connectivity index (χ0v) is 15.7. The molecule has 3 heterocycles. The van der Waals surface area contributed by atoms with E-state index in [1.807, 2.05) is 36.1 Å². The Bertz CT molecular complexity index is 894. The predicted molar refractivity (Wildman–Crippen MR) is 103 cm³/mol. The summed E-state index contributed by atoms with van der Waals surface area (Å²) in [4.78, 5) is 11.2. The molecule has 130 valence electrons. The highest BCUT2D eigenvalue weighted by Gasteiger charge is 2.29. The minimum atomic E-state index is -0.539. The first kappa shape index (κ1) is 16.5. The molecule has 2 atom stereocenters. The third-order valence-corrected chi connectivity index (χ3v) is 5.71. The van der Waals surface area contributed by atoms with Crippen LogP contribution in [-0.2, 0) is 7.05 Å². The van der Waals surface area contributed by atoms with Crippen molar-refractivity contribution >= 4 is 32.5 Å². The van der Waals surface area contributed by atoms with Crippen molar-refractivity contribution in [3.05, 3.63) is 53.2 Å². The fraction of sp³-hybridized carbons (Fsp3) is 0.368. The summed E-state index contributed by atoms with van der Waals surface area (Å²) in [6, 6.07) is 8.25. The maximum Gasteiger partial charge on any atom is 0.137 e. The molecule has 1 aliphatic heterocycles. The van der Waals surface area contributed by atoms with E-state index in [9.17, 15) is 5.11 Å². The van der Waals surface area contributed by atoms with Gasteiger partial charge < -0.3 is 14.6 Å². The molecule has 3 aromatic rings. The first-order valence-corrected chi connectivity index (χ1v) is 9.38. The summed E-state index contributed by atoms with van der Waals surface area (Å²) < 4.78 is 2.91. The van der Waals surface area contributed by atoms with Gasteiger partial charge in [-0.15, -0.1) is 0 Å². The molecule has 2 aromatic heterocycles. The topological polar surface area (TPSA) is 54.2 Å². The predicted octanol–water partition coefficient (Wildman–Crippen LogP) is 3.68. The molecule has 0 bridgehead atoms.